The van der Waals surface area contributed by atoms with Gasteiger partial charge in [0.15, 0.2) is 5.16 Å². The van der Waals surface area contributed by atoms with Gasteiger partial charge >= 0.3 is 0 Å². The summed E-state index contributed by atoms with van der Waals surface area (Å²) in [5, 5.41) is 11.8. The van der Waals surface area contributed by atoms with Crippen molar-refractivity contribution >= 4 is 39.9 Å². The molecule has 0 aliphatic carbocycles. The molecule has 0 atom stereocenters. The van der Waals surface area contributed by atoms with Gasteiger partial charge < -0.3 is 4.90 Å². The number of nitro benzene ring substituents is 1. The molecule has 1 aromatic heterocycles. The third kappa shape index (κ3) is 4.49. The molecule has 0 saturated carbocycles. The van der Waals surface area contributed by atoms with Crippen LogP contribution in [0.25, 0.3) is 16.6 Å². The number of anilines is 1. The number of hydrogen-bond donors (Lipinski definition) is 0. The maximum absolute atomic E-state index is 13.3. The van der Waals surface area contributed by atoms with Crippen LogP contribution in [0.3, 0.4) is 0 Å². The highest BCUT2D eigenvalue weighted by atomic mass is 32.2. The minimum atomic E-state index is -0.488. The van der Waals surface area contributed by atoms with Gasteiger partial charge in [-0.2, -0.15) is 0 Å². The molecule has 4 rings (SSSR count). The van der Waals surface area contributed by atoms with Gasteiger partial charge in [0.25, 0.3) is 11.2 Å². The van der Waals surface area contributed by atoms with Gasteiger partial charge in [-0.15, -0.1) is 0 Å². The molecule has 4 aromatic rings. The Morgan fingerprint density at radius 1 is 1.06 bits per heavy atom. The normalized spacial score (nSPS) is 10.8. The summed E-state index contributed by atoms with van der Waals surface area (Å²) in [7, 11) is 1.60. The number of aromatic nitrogens is 2. The lowest BCUT2D eigenvalue weighted by atomic mass is 10.2. The Balaban J connectivity index is 1.66. The number of thioether (sulfide) groups is 1. The Morgan fingerprint density at radius 2 is 1.73 bits per heavy atom. The van der Waals surface area contributed by atoms with Gasteiger partial charge in [0.1, 0.15) is 0 Å². The fourth-order valence-corrected chi connectivity index (χ4v) is 4.32. The van der Waals surface area contributed by atoms with Crippen molar-refractivity contribution in [3.63, 3.8) is 0 Å². The molecule has 1 amide bonds. The van der Waals surface area contributed by atoms with E-state index in [9.17, 15) is 19.7 Å². The Kier molecular flexibility index (Phi) is 6.23. The number of amides is 1. The second-order valence-corrected chi connectivity index (χ2v) is 8.30. The van der Waals surface area contributed by atoms with Crippen molar-refractivity contribution in [2.45, 2.75) is 12.1 Å². The zero-order chi connectivity index (χ0) is 23.5. The number of non-ortho nitro benzene ring substituents is 1. The molecule has 0 N–H and O–H groups in total. The molecule has 0 spiro atoms. The van der Waals surface area contributed by atoms with E-state index in [1.807, 2.05) is 37.3 Å². The third-order valence-corrected chi connectivity index (χ3v) is 6.17. The SMILES string of the molecule is Cc1ccccc1-n1c(SCC(=O)N(C)c2ccc([N+](=O)[O-])cc2)nc2ccccc2c1=O. The van der Waals surface area contributed by atoms with E-state index >= 15 is 0 Å². The van der Waals surface area contributed by atoms with Crippen LogP contribution in [0.15, 0.2) is 82.7 Å². The van der Waals surface area contributed by atoms with E-state index < -0.39 is 4.92 Å². The molecule has 0 aliphatic rings. The number of hydrogen-bond acceptors (Lipinski definition) is 6. The van der Waals surface area contributed by atoms with Crippen LogP contribution in [0.4, 0.5) is 11.4 Å². The van der Waals surface area contributed by atoms with Crippen LogP contribution < -0.4 is 10.5 Å². The zero-order valence-corrected chi connectivity index (χ0v) is 18.8. The topological polar surface area (TPSA) is 98.3 Å². The van der Waals surface area contributed by atoms with E-state index in [1.54, 1.807) is 29.8 Å². The Hall–Kier alpha value is -3.98. The summed E-state index contributed by atoms with van der Waals surface area (Å²) < 4.78 is 1.54. The Labute approximate surface area is 193 Å². The van der Waals surface area contributed by atoms with Gasteiger partial charge in [-0.3, -0.25) is 24.3 Å². The second kappa shape index (κ2) is 9.25. The summed E-state index contributed by atoms with van der Waals surface area (Å²) in [5.41, 5.74) is 2.47. The fourth-order valence-electron chi connectivity index (χ4n) is 3.40. The molecule has 0 fully saturated rings. The van der Waals surface area contributed by atoms with Crippen LogP contribution in [0.2, 0.25) is 0 Å². The Morgan fingerprint density at radius 3 is 2.42 bits per heavy atom. The number of nitro groups is 1. The van der Waals surface area contributed by atoms with Crippen molar-refractivity contribution in [1.82, 2.24) is 9.55 Å². The maximum atomic E-state index is 13.3. The summed E-state index contributed by atoms with van der Waals surface area (Å²) >= 11 is 1.17. The van der Waals surface area contributed by atoms with Crippen molar-refractivity contribution in [3.8, 4) is 5.69 Å². The first-order valence-electron chi connectivity index (χ1n) is 10.1. The van der Waals surface area contributed by atoms with Crippen molar-refractivity contribution < 1.29 is 9.72 Å². The lowest BCUT2D eigenvalue weighted by molar-refractivity contribution is -0.384. The summed E-state index contributed by atoms with van der Waals surface area (Å²) in [5.74, 6) is -0.197. The first-order chi connectivity index (χ1) is 15.9. The van der Waals surface area contributed by atoms with Gasteiger partial charge in [-0.25, -0.2) is 4.98 Å². The average Bonchev–Trinajstić information content (AvgIpc) is 2.83. The standard InChI is InChI=1S/C24H20N4O4S/c1-16-7-3-6-10-21(16)27-23(30)19-8-4-5-9-20(19)25-24(27)33-15-22(29)26(2)17-11-13-18(14-12-17)28(31)32/h3-14H,15H2,1-2H3. The Bertz CT molecular complexity index is 1420. The zero-order valence-electron chi connectivity index (χ0n) is 18.0. The van der Waals surface area contributed by atoms with Crippen molar-refractivity contribution in [1.29, 1.82) is 0 Å². The van der Waals surface area contributed by atoms with E-state index in [0.717, 1.165) is 5.56 Å². The minimum Gasteiger partial charge on any atom is -0.315 e. The molecule has 0 saturated heterocycles. The highest BCUT2D eigenvalue weighted by Gasteiger charge is 2.18. The predicted molar refractivity (Wildman–Crippen MR) is 129 cm³/mol. The number of carbonyl (C=O) groups excluding carboxylic acids is 1. The van der Waals surface area contributed by atoms with E-state index in [4.69, 9.17) is 0 Å². The molecule has 1 heterocycles. The lowest BCUT2D eigenvalue weighted by Crippen LogP contribution is -2.29. The summed E-state index contributed by atoms with van der Waals surface area (Å²) in [6, 6.07) is 20.4. The van der Waals surface area contributed by atoms with Gasteiger partial charge in [-0.05, 0) is 42.8 Å². The summed E-state index contributed by atoms with van der Waals surface area (Å²) in [4.78, 5) is 42.7. The van der Waals surface area contributed by atoms with Crippen molar-refractivity contribution in [2.75, 3.05) is 17.7 Å². The largest absolute Gasteiger partial charge is 0.315 e. The average molecular weight is 461 g/mol. The van der Waals surface area contributed by atoms with Crippen LogP contribution in [0.1, 0.15) is 5.56 Å². The quantitative estimate of drug-likeness (QED) is 0.184. The molecule has 0 radical (unpaired) electrons. The van der Waals surface area contributed by atoms with E-state index in [2.05, 4.69) is 4.98 Å². The van der Waals surface area contributed by atoms with Crippen molar-refractivity contribution in [2.24, 2.45) is 0 Å². The molecule has 3 aromatic carbocycles. The lowest BCUT2D eigenvalue weighted by Gasteiger charge is -2.18. The monoisotopic (exact) mass is 460 g/mol. The molecule has 0 unspecified atom stereocenters. The molecular weight excluding hydrogens is 440 g/mol. The van der Waals surface area contributed by atoms with Crippen LogP contribution in [0.5, 0.6) is 0 Å². The highest BCUT2D eigenvalue weighted by Crippen LogP contribution is 2.24. The number of fused-ring (bicyclic) bond motifs is 1. The van der Waals surface area contributed by atoms with Crippen LogP contribution in [0, 0.1) is 17.0 Å². The number of rotatable bonds is 6. The first kappa shape index (κ1) is 22.2. The first-order valence-corrected chi connectivity index (χ1v) is 11.1. The third-order valence-electron chi connectivity index (χ3n) is 5.25. The van der Waals surface area contributed by atoms with Crippen LogP contribution in [-0.2, 0) is 4.79 Å². The molecular formula is C24H20N4O4S. The molecule has 33 heavy (non-hydrogen) atoms. The van der Waals surface area contributed by atoms with Gasteiger partial charge in [0.05, 0.1) is 27.3 Å². The molecule has 0 aliphatic heterocycles. The number of nitrogens with zero attached hydrogens (tertiary/aromatic N) is 4. The number of carbonyl (C=O) groups is 1. The molecule has 9 heteroatoms. The fraction of sp³-hybridized carbons (Fsp3) is 0.125. The number of para-hydroxylation sites is 2. The molecule has 8 nitrogen and oxygen atoms in total. The van der Waals surface area contributed by atoms with Gasteiger partial charge in [0, 0.05) is 24.9 Å². The minimum absolute atomic E-state index is 0.0319. The van der Waals surface area contributed by atoms with E-state index in [-0.39, 0.29) is 22.9 Å². The highest BCUT2D eigenvalue weighted by molar-refractivity contribution is 7.99. The smallest absolute Gasteiger partial charge is 0.269 e. The van der Waals surface area contributed by atoms with E-state index in [0.29, 0.717) is 27.4 Å². The summed E-state index contributed by atoms with van der Waals surface area (Å²) in [6.45, 7) is 1.92. The number of aryl methyl sites for hydroxylation is 1. The van der Waals surface area contributed by atoms with Crippen LogP contribution in [-0.4, -0.2) is 33.2 Å². The van der Waals surface area contributed by atoms with Gasteiger partial charge in [0.2, 0.25) is 5.91 Å². The second-order valence-electron chi connectivity index (χ2n) is 7.35. The molecule has 166 valence electrons. The summed E-state index contributed by atoms with van der Waals surface area (Å²) in [6.07, 6.45) is 0. The van der Waals surface area contributed by atoms with Crippen LogP contribution >= 0.6 is 11.8 Å². The van der Waals surface area contributed by atoms with Crippen molar-refractivity contribution in [3.05, 3.63) is 98.8 Å². The predicted octanol–water partition coefficient (Wildman–Crippen LogP) is 4.36. The van der Waals surface area contributed by atoms with Gasteiger partial charge in [-0.1, -0.05) is 42.1 Å². The molecule has 0 bridgehead atoms. The number of benzene rings is 3. The van der Waals surface area contributed by atoms with E-state index in [1.165, 1.54) is 40.9 Å². The maximum Gasteiger partial charge on any atom is 0.269 e.